The Morgan fingerprint density at radius 1 is 0.889 bits per heavy atom. The molecule has 0 spiro atoms. The molecule has 3 aromatic carbocycles. The minimum absolute atomic E-state index is 0.482. The van der Waals surface area contributed by atoms with Crippen molar-refractivity contribution >= 4 is 49.0 Å². The molecule has 0 aliphatic heterocycles. The van der Waals surface area contributed by atoms with Crippen LogP contribution in [0.1, 0.15) is 81.9 Å². The maximum atomic E-state index is 2.60. The molecule has 1 aliphatic rings. The van der Waals surface area contributed by atoms with E-state index in [4.69, 9.17) is 0 Å². The van der Waals surface area contributed by atoms with Crippen LogP contribution in [0.2, 0.25) is 0 Å². The zero-order valence-corrected chi connectivity index (χ0v) is 22.6. The standard InChI is InChI=1S/C34H37N2/c1-20(2)23-8-10-28-27(18-23)26-9-7-21(3)30-32(26)36(28)29-19-25(22-11-14-34(4,5)15-12-22)17-24-13-16-35(6)33(30)31(24)29/h7-10,13,16-20,22H,11-12,14-15H2,1-6H3/q+1. The van der Waals surface area contributed by atoms with Gasteiger partial charge in [-0.25, -0.2) is 4.57 Å². The predicted molar refractivity (Wildman–Crippen MR) is 154 cm³/mol. The van der Waals surface area contributed by atoms with Gasteiger partial charge in [0, 0.05) is 16.8 Å². The topological polar surface area (TPSA) is 8.29 Å². The van der Waals surface area contributed by atoms with Gasteiger partial charge in [-0.3, -0.25) is 0 Å². The lowest BCUT2D eigenvalue weighted by Crippen LogP contribution is -2.29. The molecule has 0 saturated heterocycles. The van der Waals surface area contributed by atoms with E-state index in [0.717, 1.165) is 0 Å². The molecule has 1 fully saturated rings. The Morgan fingerprint density at radius 2 is 1.67 bits per heavy atom. The number of hydrogen-bond acceptors (Lipinski definition) is 0. The Bertz CT molecular complexity index is 1800. The molecule has 36 heavy (non-hydrogen) atoms. The third-order valence-electron chi connectivity index (χ3n) is 9.35. The summed E-state index contributed by atoms with van der Waals surface area (Å²) >= 11 is 0. The van der Waals surface area contributed by atoms with Crippen LogP contribution in [0.25, 0.3) is 49.0 Å². The maximum absolute atomic E-state index is 2.60. The Kier molecular flexibility index (Phi) is 4.57. The van der Waals surface area contributed by atoms with Crippen LogP contribution in [-0.4, -0.2) is 4.40 Å². The number of nitrogens with zero attached hydrogens (tertiary/aromatic N) is 2. The molecular weight excluding hydrogens is 436 g/mol. The second kappa shape index (κ2) is 7.44. The van der Waals surface area contributed by atoms with Crippen LogP contribution in [0.15, 0.2) is 54.7 Å². The molecule has 3 heterocycles. The average Bonchev–Trinajstić information content (AvgIpc) is 3.18. The first-order chi connectivity index (χ1) is 17.2. The second-order valence-corrected chi connectivity index (χ2v) is 12.6. The van der Waals surface area contributed by atoms with Crippen molar-refractivity contribution in [3.8, 4) is 0 Å². The fourth-order valence-corrected chi connectivity index (χ4v) is 7.08. The van der Waals surface area contributed by atoms with Gasteiger partial charge in [0.2, 0.25) is 5.52 Å². The second-order valence-electron chi connectivity index (χ2n) is 12.6. The van der Waals surface area contributed by atoms with Gasteiger partial charge in [0.1, 0.15) is 7.05 Å². The van der Waals surface area contributed by atoms with Gasteiger partial charge >= 0.3 is 0 Å². The van der Waals surface area contributed by atoms with Crippen molar-refractivity contribution in [2.45, 2.75) is 72.1 Å². The van der Waals surface area contributed by atoms with Crippen LogP contribution in [0.5, 0.6) is 0 Å². The Balaban J connectivity index is 1.66. The van der Waals surface area contributed by atoms with Crippen LogP contribution in [0.4, 0.5) is 0 Å². The molecule has 1 saturated carbocycles. The molecule has 6 aromatic rings. The number of aromatic nitrogens is 2. The molecule has 1 aliphatic carbocycles. The summed E-state index contributed by atoms with van der Waals surface area (Å²) in [5.41, 5.74) is 10.2. The fraction of sp³-hybridized carbons (Fsp3) is 0.382. The van der Waals surface area contributed by atoms with Crippen LogP contribution >= 0.6 is 0 Å². The zero-order chi connectivity index (χ0) is 24.9. The predicted octanol–water partition coefficient (Wildman–Crippen LogP) is 8.93. The van der Waals surface area contributed by atoms with Crippen LogP contribution < -0.4 is 4.57 Å². The summed E-state index contributed by atoms with van der Waals surface area (Å²) in [6, 6.07) is 19.2. The van der Waals surface area contributed by atoms with Gasteiger partial charge in [0.05, 0.1) is 27.3 Å². The summed E-state index contributed by atoms with van der Waals surface area (Å²) < 4.78 is 4.94. The highest BCUT2D eigenvalue weighted by molar-refractivity contribution is 6.25. The first kappa shape index (κ1) is 22.1. The molecular formula is C34H37N2+. The van der Waals surface area contributed by atoms with E-state index in [9.17, 15) is 0 Å². The number of pyridine rings is 2. The minimum atomic E-state index is 0.482. The molecule has 7 rings (SSSR count). The number of rotatable bonds is 2. The summed E-state index contributed by atoms with van der Waals surface area (Å²) in [7, 11) is 2.21. The molecule has 3 aromatic heterocycles. The van der Waals surface area contributed by atoms with E-state index < -0.39 is 0 Å². The van der Waals surface area contributed by atoms with E-state index in [2.05, 4.69) is 105 Å². The van der Waals surface area contributed by atoms with Crippen molar-refractivity contribution in [1.82, 2.24) is 4.40 Å². The van der Waals surface area contributed by atoms with Crippen molar-refractivity contribution in [1.29, 1.82) is 0 Å². The van der Waals surface area contributed by atoms with Gasteiger partial charge in [-0.05, 0) is 90.1 Å². The molecule has 0 N–H and O–H groups in total. The van der Waals surface area contributed by atoms with E-state index >= 15 is 0 Å². The van der Waals surface area contributed by atoms with Crippen LogP contribution in [0, 0.1) is 12.3 Å². The SMILES string of the molecule is Cc1ccc2c3cc(C(C)C)ccc3n3c4cc(C5CCC(C)(C)CC5)cc5cc[n+](C)c(c1c23)c54. The van der Waals surface area contributed by atoms with Crippen molar-refractivity contribution in [2.24, 2.45) is 12.5 Å². The number of fused-ring (bicyclic) bond motifs is 5. The number of benzene rings is 3. The van der Waals surface area contributed by atoms with E-state index in [1.807, 2.05) is 0 Å². The Morgan fingerprint density at radius 3 is 2.42 bits per heavy atom. The average molecular weight is 474 g/mol. The molecule has 0 radical (unpaired) electrons. The molecule has 0 atom stereocenters. The van der Waals surface area contributed by atoms with Crippen LogP contribution in [-0.2, 0) is 7.05 Å². The summed E-state index contributed by atoms with van der Waals surface area (Å²) in [6.07, 6.45) is 7.48. The first-order valence-corrected chi connectivity index (χ1v) is 13.8. The molecule has 0 unspecified atom stereocenters. The highest BCUT2D eigenvalue weighted by atomic mass is 15.0. The van der Waals surface area contributed by atoms with Gasteiger partial charge < -0.3 is 4.40 Å². The molecule has 182 valence electrons. The molecule has 0 amide bonds. The highest BCUT2D eigenvalue weighted by Crippen LogP contribution is 2.46. The van der Waals surface area contributed by atoms with E-state index in [0.29, 0.717) is 17.3 Å². The van der Waals surface area contributed by atoms with Gasteiger partial charge in [-0.15, -0.1) is 0 Å². The summed E-state index contributed by atoms with van der Waals surface area (Å²) in [6.45, 7) is 11.7. The largest absolute Gasteiger partial charge is 0.307 e. The maximum Gasteiger partial charge on any atom is 0.224 e. The first-order valence-electron chi connectivity index (χ1n) is 13.8. The normalized spacial score (nSPS) is 17.1. The molecule has 2 heteroatoms. The van der Waals surface area contributed by atoms with Gasteiger partial charge in [0.15, 0.2) is 6.20 Å². The lowest BCUT2D eigenvalue weighted by Gasteiger charge is -2.34. The monoisotopic (exact) mass is 473 g/mol. The van der Waals surface area contributed by atoms with Crippen molar-refractivity contribution < 1.29 is 4.57 Å². The molecule has 0 bridgehead atoms. The zero-order valence-electron chi connectivity index (χ0n) is 22.6. The van der Waals surface area contributed by atoms with Gasteiger partial charge in [-0.1, -0.05) is 52.0 Å². The van der Waals surface area contributed by atoms with E-state index in [1.54, 1.807) is 0 Å². The quantitative estimate of drug-likeness (QED) is 0.135. The highest BCUT2D eigenvalue weighted by Gasteiger charge is 2.29. The third-order valence-corrected chi connectivity index (χ3v) is 9.35. The van der Waals surface area contributed by atoms with Crippen molar-refractivity contribution in [3.05, 3.63) is 71.4 Å². The number of aryl methyl sites for hydroxylation is 2. The van der Waals surface area contributed by atoms with Gasteiger partial charge in [0.25, 0.3) is 0 Å². The Labute approximate surface area is 213 Å². The van der Waals surface area contributed by atoms with Crippen LogP contribution in [0.3, 0.4) is 0 Å². The fourth-order valence-electron chi connectivity index (χ4n) is 7.08. The summed E-state index contributed by atoms with van der Waals surface area (Å²) in [4.78, 5) is 0. The smallest absolute Gasteiger partial charge is 0.224 e. The van der Waals surface area contributed by atoms with E-state index in [-0.39, 0.29) is 0 Å². The lowest BCUT2D eigenvalue weighted by atomic mass is 9.71. The third kappa shape index (κ3) is 3.00. The minimum Gasteiger partial charge on any atom is -0.307 e. The number of hydrogen-bond donors (Lipinski definition) is 0. The van der Waals surface area contributed by atoms with Crippen molar-refractivity contribution in [3.63, 3.8) is 0 Å². The Hall–Kier alpha value is -3.13. The summed E-state index contributed by atoms with van der Waals surface area (Å²) in [5, 5.41) is 6.92. The molecule has 2 nitrogen and oxygen atoms in total. The van der Waals surface area contributed by atoms with E-state index in [1.165, 1.54) is 91.4 Å². The summed E-state index contributed by atoms with van der Waals surface area (Å²) in [5.74, 6) is 1.17. The lowest BCUT2D eigenvalue weighted by molar-refractivity contribution is -0.643. The van der Waals surface area contributed by atoms with Gasteiger partial charge in [-0.2, -0.15) is 0 Å². The van der Waals surface area contributed by atoms with Crippen molar-refractivity contribution in [2.75, 3.05) is 0 Å².